The normalized spacial score (nSPS) is 21.4. The number of hydrogen-bond acceptors (Lipinski definition) is 8. The Balaban J connectivity index is 3.18. The van der Waals surface area contributed by atoms with Crippen LogP contribution in [0.4, 0.5) is 0 Å². The Morgan fingerprint density at radius 3 is 1.50 bits per heavy atom. The van der Waals surface area contributed by atoms with Crippen LogP contribution in [0.15, 0.2) is 0 Å². The predicted octanol–water partition coefficient (Wildman–Crippen LogP) is -1.04. The van der Waals surface area contributed by atoms with Gasteiger partial charge in [-0.2, -0.15) is 0 Å². The van der Waals surface area contributed by atoms with Crippen molar-refractivity contribution in [3.05, 3.63) is 0 Å². The van der Waals surface area contributed by atoms with Crippen molar-refractivity contribution in [1.82, 2.24) is 19.6 Å². The Morgan fingerprint density at radius 2 is 1.06 bits per heavy atom. The molecule has 0 saturated carbocycles. The van der Waals surface area contributed by atoms with Crippen LogP contribution < -0.4 is 0 Å². The highest BCUT2D eigenvalue weighted by molar-refractivity contribution is 5.70. The number of carboxylic acids is 4. The van der Waals surface area contributed by atoms with Crippen molar-refractivity contribution < 1.29 is 39.6 Å². The van der Waals surface area contributed by atoms with Gasteiger partial charge in [0.1, 0.15) is 0 Å². The lowest BCUT2D eigenvalue weighted by Crippen LogP contribution is -2.51. The van der Waals surface area contributed by atoms with Crippen LogP contribution in [-0.2, 0) is 19.2 Å². The molecule has 1 unspecified atom stereocenters. The van der Waals surface area contributed by atoms with Gasteiger partial charge in [-0.05, 0) is 12.3 Å². The fourth-order valence-electron chi connectivity index (χ4n) is 3.96. The second kappa shape index (κ2) is 14.0. The molecule has 0 bridgehead atoms. The molecule has 0 radical (unpaired) electrons. The van der Waals surface area contributed by atoms with Crippen LogP contribution in [0.2, 0.25) is 0 Å². The monoisotopic (exact) mass is 460 g/mol. The number of nitrogens with zero attached hydrogens (tertiary/aromatic N) is 4. The lowest BCUT2D eigenvalue weighted by Gasteiger charge is -2.37. The molecular weight excluding hydrogens is 424 g/mol. The van der Waals surface area contributed by atoms with E-state index in [2.05, 4.69) is 0 Å². The maximum Gasteiger partial charge on any atom is 0.317 e. The molecule has 0 spiro atoms. The fraction of sp³-hybridized carbons (Fsp3) is 0.800. The van der Waals surface area contributed by atoms with E-state index in [1.165, 1.54) is 0 Å². The second-order valence-electron chi connectivity index (χ2n) is 8.50. The van der Waals surface area contributed by atoms with Crippen LogP contribution in [0.25, 0.3) is 0 Å². The molecule has 1 aliphatic heterocycles. The van der Waals surface area contributed by atoms with Gasteiger partial charge in [-0.15, -0.1) is 0 Å². The van der Waals surface area contributed by atoms with Crippen molar-refractivity contribution in [1.29, 1.82) is 0 Å². The Morgan fingerprint density at radius 1 is 0.656 bits per heavy atom. The van der Waals surface area contributed by atoms with E-state index < -0.39 is 23.9 Å². The Kier molecular flexibility index (Phi) is 12.1. The Labute approximate surface area is 188 Å². The van der Waals surface area contributed by atoms with E-state index in [1.54, 1.807) is 14.7 Å². The van der Waals surface area contributed by atoms with Crippen LogP contribution in [0.3, 0.4) is 0 Å². The maximum absolute atomic E-state index is 11.5. The van der Waals surface area contributed by atoms with Crippen molar-refractivity contribution in [3.63, 3.8) is 0 Å². The van der Waals surface area contributed by atoms with Crippen LogP contribution >= 0.6 is 0 Å². The first kappa shape index (κ1) is 27.8. The van der Waals surface area contributed by atoms with Gasteiger partial charge in [0, 0.05) is 51.9 Å². The number of rotatable bonds is 9. The van der Waals surface area contributed by atoms with Crippen LogP contribution in [0.1, 0.15) is 20.3 Å². The van der Waals surface area contributed by atoms with Gasteiger partial charge in [0.15, 0.2) is 0 Å². The van der Waals surface area contributed by atoms with Crippen molar-refractivity contribution >= 4 is 23.9 Å². The highest BCUT2D eigenvalue weighted by Crippen LogP contribution is 2.15. The van der Waals surface area contributed by atoms with E-state index in [-0.39, 0.29) is 38.1 Å². The predicted molar refractivity (Wildman–Crippen MR) is 115 cm³/mol. The summed E-state index contributed by atoms with van der Waals surface area (Å²) in [5.74, 6) is -3.97. The molecule has 0 aromatic rings. The zero-order valence-electron chi connectivity index (χ0n) is 18.9. The average molecular weight is 461 g/mol. The number of carboxylic acid groups (broad SMARTS) is 4. The highest BCUT2D eigenvalue weighted by Gasteiger charge is 2.28. The molecule has 1 atom stereocenters. The van der Waals surface area contributed by atoms with Crippen molar-refractivity contribution in [2.24, 2.45) is 5.92 Å². The molecule has 12 nitrogen and oxygen atoms in total. The van der Waals surface area contributed by atoms with E-state index >= 15 is 0 Å². The molecule has 0 aromatic heterocycles. The molecule has 1 fully saturated rings. The summed E-state index contributed by atoms with van der Waals surface area (Å²) in [6.07, 6.45) is 0.529. The number of hydrogen-bond donors (Lipinski definition) is 4. The third kappa shape index (κ3) is 11.4. The van der Waals surface area contributed by atoms with Gasteiger partial charge in [-0.25, -0.2) is 0 Å². The van der Waals surface area contributed by atoms with Gasteiger partial charge < -0.3 is 20.4 Å². The molecule has 1 aliphatic rings. The van der Waals surface area contributed by atoms with Gasteiger partial charge in [0.05, 0.1) is 26.2 Å². The molecule has 12 heteroatoms. The molecule has 0 amide bonds. The van der Waals surface area contributed by atoms with Gasteiger partial charge in [-0.3, -0.25) is 38.8 Å². The highest BCUT2D eigenvalue weighted by atomic mass is 16.4. The zero-order valence-corrected chi connectivity index (χ0v) is 18.9. The minimum Gasteiger partial charge on any atom is -0.480 e. The topological polar surface area (TPSA) is 162 Å². The summed E-state index contributed by atoms with van der Waals surface area (Å²) < 4.78 is 0. The van der Waals surface area contributed by atoms with Crippen molar-refractivity contribution in [2.45, 2.75) is 26.3 Å². The van der Waals surface area contributed by atoms with Gasteiger partial charge in [-0.1, -0.05) is 13.8 Å². The van der Waals surface area contributed by atoms with Gasteiger partial charge in [0.25, 0.3) is 0 Å². The molecule has 184 valence electrons. The summed E-state index contributed by atoms with van der Waals surface area (Å²) in [6.45, 7) is 5.46. The van der Waals surface area contributed by atoms with Crippen molar-refractivity contribution in [3.8, 4) is 0 Å². The van der Waals surface area contributed by atoms with E-state index in [0.717, 1.165) is 0 Å². The molecule has 0 aromatic carbocycles. The van der Waals surface area contributed by atoms with E-state index in [0.29, 0.717) is 52.2 Å². The largest absolute Gasteiger partial charge is 0.480 e. The molecule has 32 heavy (non-hydrogen) atoms. The van der Waals surface area contributed by atoms with Crippen molar-refractivity contribution in [2.75, 3.05) is 72.0 Å². The second-order valence-corrected chi connectivity index (χ2v) is 8.50. The molecule has 1 heterocycles. The van der Waals surface area contributed by atoms with Crippen LogP contribution in [-0.4, -0.2) is 142 Å². The fourth-order valence-corrected chi connectivity index (χ4v) is 3.96. The Hall–Kier alpha value is -2.28. The average Bonchev–Trinajstić information content (AvgIpc) is 2.65. The summed E-state index contributed by atoms with van der Waals surface area (Å²) in [4.78, 5) is 52.3. The lowest BCUT2D eigenvalue weighted by molar-refractivity contribution is -0.141. The molecule has 0 aliphatic carbocycles. The summed E-state index contributed by atoms with van der Waals surface area (Å²) in [5, 5.41) is 37.2. The first-order chi connectivity index (χ1) is 15.0. The van der Waals surface area contributed by atoms with Crippen LogP contribution in [0, 0.1) is 5.92 Å². The molecule has 1 rings (SSSR count). The minimum absolute atomic E-state index is 0.0426. The number of aliphatic carboxylic acids is 4. The summed E-state index contributed by atoms with van der Waals surface area (Å²) >= 11 is 0. The quantitative estimate of drug-likeness (QED) is 0.331. The third-order valence-electron chi connectivity index (χ3n) is 5.48. The van der Waals surface area contributed by atoms with E-state index in [1.807, 2.05) is 18.7 Å². The first-order valence-corrected chi connectivity index (χ1v) is 10.8. The summed E-state index contributed by atoms with van der Waals surface area (Å²) in [7, 11) is 0. The summed E-state index contributed by atoms with van der Waals surface area (Å²) in [5.41, 5.74) is 0. The Bertz CT molecular complexity index is 645. The van der Waals surface area contributed by atoms with Crippen LogP contribution in [0.5, 0.6) is 0 Å². The molecular formula is C20H36N4O8. The molecule has 4 N–H and O–H groups in total. The standard InChI is InChI=1S/C20H36N4O8/c1-15(2)16-10-23(13-19(29)30)9-8-22(12-18(27)28)7-6-21(11-17(25)26)4-3-5-24(16)14-20(31)32/h15-16H,3-14H2,1-2H3,(H,25,26)(H,27,28)(H,29,30)(H,31,32). The summed E-state index contributed by atoms with van der Waals surface area (Å²) in [6, 6.07) is -0.230. The van der Waals surface area contributed by atoms with E-state index in [9.17, 15) is 39.6 Å². The van der Waals surface area contributed by atoms with Gasteiger partial charge in [0.2, 0.25) is 0 Å². The SMILES string of the molecule is CC(C)C1CN(CC(=O)O)CCN(CC(=O)O)CCN(CC(=O)O)CCCN1CC(=O)O. The first-order valence-electron chi connectivity index (χ1n) is 10.8. The third-order valence-corrected chi connectivity index (χ3v) is 5.48. The lowest BCUT2D eigenvalue weighted by atomic mass is 10.0. The minimum atomic E-state index is -1.02. The molecule has 1 saturated heterocycles. The van der Waals surface area contributed by atoms with E-state index in [4.69, 9.17) is 0 Å². The number of carbonyl (C=O) groups is 4. The smallest absolute Gasteiger partial charge is 0.317 e. The van der Waals surface area contributed by atoms with Gasteiger partial charge >= 0.3 is 23.9 Å². The maximum atomic E-state index is 11.5. The zero-order chi connectivity index (χ0) is 24.3.